The molecule has 0 radical (unpaired) electrons. The zero-order valence-corrected chi connectivity index (χ0v) is 16.1. The second-order valence-electron chi connectivity index (χ2n) is 7.17. The van der Waals surface area contributed by atoms with Crippen LogP contribution in [0.25, 0.3) is 16.9 Å². The number of nitrogens with two attached hydrogens (primary N) is 1. The molecule has 0 unspecified atom stereocenters. The van der Waals surface area contributed by atoms with Crippen molar-refractivity contribution in [1.29, 1.82) is 0 Å². The number of anilines is 1. The van der Waals surface area contributed by atoms with Crippen molar-refractivity contribution >= 4 is 11.5 Å². The molecule has 3 aromatic rings. The number of piperidine rings is 1. The van der Waals surface area contributed by atoms with Gasteiger partial charge < -0.3 is 19.8 Å². The maximum atomic E-state index is 13.8. The van der Waals surface area contributed by atoms with Gasteiger partial charge in [0.05, 0.1) is 24.1 Å². The van der Waals surface area contributed by atoms with Gasteiger partial charge in [0, 0.05) is 43.3 Å². The van der Waals surface area contributed by atoms with E-state index in [0.29, 0.717) is 37.3 Å². The fraction of sp³-hybridized carbons (Fsp3) is 0.421. The molecule has 1 fully saturated rings. The topological polar surface area (TPSA) is 81.6 Å². The van der Waals surface area contributed by atoms with Crippen LogP contribution in [0.1, 0.15) is 24.1 Å². The summed E-state index contributed by atoms with van der Waals surface area (Å²) in [7, 11) is 1.44. The first-order valence-corrected chi connectivity index (χ1v) is 9.24. The Morgan fingerprint density at radius 1 is 1.17 bits per heavy atom. The predicted molar refractivity (Wildman–Crippen MR) is 102 cm³/mol. The first-order valence-electron chi connectivity index (χ1n) is 9.24. The lowest BCUT2D eigenvalue weighted by Crippen LogP contribution is -2.40. The number of alkyl halides is 3. The molecular weight excluding hydrogens is 385 g/mol. The van der Waals surface area contributed by atoms with Gasteiger partial charge in [0.25, 0.3) is 5.88 Å². The first kappa shape index (κ1) is 19.4. The van der Waals surface area contributed by atoms with Crippen LogP contribution in [0.15, 0.2) is 24.7 Å². The van der Waals surface area contributed by atoms with Crippen LogP contribution in [0.4, 0.5) is 19.0 Å². The van der Waals surface area contributed by atoms with Crippen molar-refractivity contribution in [3.05, 3.63) is 35.9 Å². The average molecular weight is 406 g/mol. The van der Waals surface area contributed by atoms with E-state index in [0.717, 1.165) is 11.8 Å². The number of methoxy groups -OCH3 is 1. The number of rotatable bonds is 3. The average Bonchev–Trinajstić information content (AvgIpc) is 3.07. The number of ether oxygens (including phenoxy) is 1. The predicted octanol–water partition coefficient (Wildman–Crippen LogP) is 3.05. The van der Waals surface area contributed by atoms with Gasteiger partial charge >= 0.3 is 6.18 Å². The highest BCUT2D eigenvalue weighted by atomic mass is 19.4. The molecule has 0 saturated carbocycles. The van der Waals surface area contributed by atoms with Crippen LogP contribution in [0.2, 0.25) is 0 Å². The summed E-state index contributed by atoms with van der Waals surface area (Å²) in [6.45, 7) is 2.71. The molecule has 0 spiro atoms. The zero-order chi connectivity index (χ0) is 20.8. The molecule has 0 aromatic carbocycles. The lowest BCUT2D eigenvalue weighted by molar-refractivity contribution is -0.137. The number of halogens is 3. The van der Waals surface area contributed by atoms with E-state index >= 15 is 0 Å². The minimum Gasteiger partial charge on any atom is -0.478 e. The van der Waals surface area contributed by atoms with Gasteiger partial charge in [0.15, 0.2) is 0 Å². The second kappa shape index (κ2) is 7.18. The van der Waals surface area contributed by atoms with Gasteiger partial charge in [-0.3, -0.25) is 0 Å². The fourth-order valence-corrected chi connectivity index (χ4v) is 3.54. The largest absolute Gasteiger partial charge is 0.478 e. The van der Waals surface area contributed by atoms with Crippen molar-refractivity contribution in [2.24, 2.45) is 5.73 Å². The van der Waals surface area contributed by atoms with E-state index in [-0.39, 0.29) is 23.3 Å². The van der Waals surface area contributed by atoms with Gasteiger partial charge in [-0.25, -0.2) is 15.0 Å². The van der Waals surface area contributed by atoms with E-state index < -0.39 is 11.7 Å². The molecule has 0 atom stereocenters. The summed E-state index contributed by atoms with van der Waals surface area (Å²) in [5.41, 5.74) is 6.90. The molecule has 154 valence electrons. The zero-order valence-electron chi connectivity index (χ0n) is 16.1. The molecule has 0 bridgehead atoms. The number of aromatic nitrogens is 4. The number of fused-ring (bicyclic) bond motifs is 1. The number of hydrogen-bond donors (Lipinski definition) is 1. The fourth-order valence-electron chi connectivity index (χ4n) is 3.54. The second-order valence-corrected chi connectivity index (χ2v) is 7.17. The molecule has 29 heavy (non-hydrogen) atoms. The molecule has 4 rings (SSSR count). The van der Waals surface area contributed by atoms with Gasteiger partial charge in [-0.05, 0) is 25.8 Å². The summed E-state index contributed by atoms with van der Waals surface area (Å²) in [5.74, 6) is 0.165. The van der Waals surface area contributed by atoms with Crippen molar-refractivity contribution in [2.75, 3.05) is 25.1 Å². The highest BCUT2D eigenvalue weighted by Crippen LogP contribution is 2.38. The van der Waals surface area contributed by atoms with Crippen LogP contribution in [0, 0.1) is 6.92 Å². The molecule has 0 aliphatic carbocycles. The van der Waals surface area contributed by atoms with E-state index in [1.165, 1.54) is 13.3 Å². The minimum atomic E-state index is -4.54. The van der Waals surface area contributed by atoms with Gasteiger partial charge in [0.1, 0.15) is 5.82 Å². The summed E-state index contributed by atoms with van der Waals surface area (Å²) in [6.07, 6.45) is 1.52. The Labute approximate surface area is 165 Å². The Hall–Kier alpha value is -2.88. The Morgan fingerprint density at radius 3 is 2.55 bits per heavy atom. The molecule has 4 heterocycles. The monoisotopic (exact) mass is 406 g/mol. The normalized spacial score (nSPS) is 15.9. The third-order valence-corrected chi connectivity index (χ3v) is 5.03. The van der Waals surface area contributed by atoms with Crippen LogP contribution < -0.4 is 15.4 Å². The van der Waals surface area contributed by atoms with Crippen LogP contribution in [0.3, 0.4) is 0 Å². The number of imidazole rings is 1. The molecule has 7 nitrogen and oxygen atoms in total. The number of nitrogens with zero attached hydrogens (tertiary/aromatic N) is 5. The number of aryl methyl sites for hydroxylation is 1. The lowest BCUT2D eigenvalue weighted by atomic mass is 10.0. The van der Waals surface area contributed by atoms with E-state index in [1.54, 1.807) is 21.7 Å². The van der Waals surface area contributed by atoms with Crippen molar-refractivity contribution in [2.45, 2.75) is 32.0 Å². The summed E-state index contributed by atoms with van der Waals surface area (Å²) < 4.78 is 48.4. The van der Waals surface area contributed by atoms with Crippen molar-refractivity contribution in [1.82, 2.24) is 19.4 Å². The van der Waals surface area contributed by atoms with Gasteiger partial charge in [-0.2, -0.15) is 13.2 Å². The molecule has 1 saturated heterocycles. The number of hydrogen-bond acceptors (Lipinski definition) is 6. The summed E-state index contributed by atoms with van der Waals surface area (Å²) >= 11 is 0. The maximum absolute atomic E-state index is 13.8. The van der Waals surface area contributed by atoms with Gasteiger partial charge in [-0.1, -0.05) is 0 Å². The maximum Gasteiger partial charge on any atom is 0.419 e. The highest BCUT2D eigenvalue weighted by Gasteiger charge is 2.37. The highest BCUT2D eigenvalue weighted by molar-refractivity contribution is 5.66. The third kappa shape index (κ3) is 3.71. The van der Waals surface area contributed by atoms with E-state index in [1.807, 2.05) is 6.92 Å². The molecule has 1 aliphatic rings. The van der Waals surface area contributed by atoms with Gasteiger partial charge in [-0.15, -0.1) is 0 Å². The standard InChI is InChI=1S/C19H21F3N6O/c1-11-9-28-10-15(26-18(29-2)17(28)25-11)12-7-14(19(20,21)22)16(24-8-12)27-5-3-13(23)4-6-27/h7-10,13H,3-6,23H2,1-2H3. The van der Waals surface area contributed by atoms with Gasteiger partial charge in [0.2, 0.25) is 5.65 Å². The first-order chi connectivity index (χ1) is 13.8. The van der Waals surface area contributed by atoms with Crippen molar-refractivity contribution in [3.63, 3.8) is 0 Å². The SMILES string of the molecule is COc1nc(-c2cnc(N3CCC(N)CC3)c(C(F)(F)F)c2)cn2cc(C)nc12. The molecule has 3 aromatic heterocycles. The van der Waals surface area contributed by atoms with Crippen LogP contribution in [-0.4, -0.2) is 45.6 Å². The van der Waals surface area contributed by atoms with Crippen molar-refractivity contribution in [3.8, 4) is 17.1 Å². The Morgan fingerprint density at radius 2 is 1.90 bits per heavy atom. The molecule has 2 N–H and O–H groups in total. The van der Waals surface area contributed by atoms with E-state index in [4.69, 9.17) is 10.5 Å². The smallest absolute Gasteiger partial charge is 0.419 e. The molecule has 1 aliphatic heterocycles. The minimum absolute atomic E-state index is 0.0156. The quantitative estimate of drug-likeness (QED) is 0.720. The molecular formula is C19H21F3N6O. The Bertz CT molecular complexity index is 1040. The van der Waals surface area contributed by atoms with Crippen LogP contribution in [-0.2, 0) is 6.18 Å². The van der Waals surface area contributed by atoms with Crippen LogP contribution in [0.5, 0.6) is 5.88 Å². The molecule has 0 amide bonds. The van der Waals surface area contributed by atoms with E-state index in [9.17, 15) is 13.2 Å². The Balaban J connectivity index is 1.80. The summed E-state index contributed by atoms with van der Waals surface area (Å²) in [4.78, 5) is 14.5. The molecule has 10 heteroatoms. The van der Waals surface area contributed by atoms with Crippen molar-refractivity contribution < 1.29 is 17.9 Å². The third-order valence-electron chi connectivity index (χ3n) is 5.03. The number of pyridine rings is 1. The summed E-state index contributed by atoms with van der Waals surface area (Å²) in [5, 5.41) is 0. The van der Waals surface area contributed by atoms with E-state index in [2.05, 4.69) is 15.0 Å². The lowest BCUT2D eigenvalue weighted by Gasteiger charge is -2.32. The summed E-state index contributed by atoms with van der Waals surface area (Å²) in [6, 6.07) is 1.11. The van der Waals surface area contributed by atoms with Crippen LogP contribution >= 0.6 is 0 Å². The Kier molecular flexibility index (Phi) is 4.81.